The van der Waals surface area contributed by atoms with Crippen LogP contribution in [0.1, 0.15) is 86.0 Å². The van der Waals surface area contributed by atoms with Gasteiger partial charge in [-0.3, -0.25) is 19.3 Å². The number of aliphatic hydroxyl groups is 1. The molecular formula is C25H37NO7. The van der Waals surface area contributed by atoms with Crippen LogP contribution in [0.25, 0.3) is 0 Å². The Labute approximate surface area is 196 Å². The Kier molecular flexibility index (Phi) is 9.40. The van der Waals surface area contributed by atoms with E-state index >= 15 is 0 Å². The molecule has 2 heterocycles. The number of rotatable bonds is 11. The molecule has 2 amide bonds. The number of hydrogen-bond acceptors (Lipinski definition) is 7. The molecule has 2 saturated heterocycles. The quantitative estimate of drug-likeness (QED) is 0.161. The van der Waals surface area contributed by atoms with E-state index in [1.54, 1.807) is 19.9 Å². The normalized spacial score (nSPS) is 24.3. The fraction of sp³-hybridized carbons (Fsp3) is 0.680. The van der Waals surface area contributed by atoms with Crippen LogP contribution in [-0.2, 0) is 28.7 Å². The number of carbonyl (C=O) groups is 4. The maximum atomic E-state index is 13.1. The molecule has 0 spiro atoms. The standard InChI is InChI=1S/C25H37NO7/c1-6-7-8-9-10-11-12-13-20(28)26-17(14-16(2)3)22(29)21(23(26)30)18(27)15-19-24(31)33-25(4,5)32-19/h12-13,16-17,19,27H,6-11,14-15H2,1-5H3/b13-12+,21-18-/t17?,19-/m0/s1. The zero-order valence-electron chi connectivity index (χ0n) is 20.4. The first-order valence-corrected chi connectivity index (χ1v) is 11.9. The average Bonchev–Trinajstić information content (AvgIpc) is 3.10. The fourth-order valence-corrected chi connectivity index (χ4v) is 4.09. The van der Waals surface area contributed by atoms with Crippen LogP contribution < -0.4 is 0 Å². The topological polar surface area (TPSA) is 110 Å². The predicted molar refractivity (Wildman–Crippen MR) is 122 cm³/mol. The maximum Gasteiger partial charge on any atom is 0.338 e. The van der Waals surface area contributed by atoms with Gasteiger partial charge in [0.2, 0.25) is 5.79 Å². The monoisotopic (exact) mass is 463 g/mol. The molecule has 0 aromatic heterocycles. The summed E-state index contributed by atoms with van der Waals surface area (Å²) >= 11 is 0. The Morgan fingerprint density at radius 1 is 1.15 bits per heavy atom. The van der Waals surface area contributed by atoms with Crippen LogP contribution in [0.4, 0.5) is 0 Å². The molecule has 0 bridgehead atoms. The second-order valence-electron chi connectivity index (χ2n) is 9.58. The minimum absolute atomic E-state index is 0.0417. The summed E-state index contributed by atoms with van der Waals surface area (Å²) in [5, 5.41) is 10.6. The molecule has 0 aliphatic carbocycles. The van der Waals surface area contributed by atoms with Crippen molar-refractivity contribution in [3.8, 4) is 0 Å². The number of unbranched alkanes of at least 4 members (excludes halogenated alkanes) is 5. The number of cyclic esters (lactones) is 1. The smallest absolute Gasteiger partial charge is 0.338 e. The van der Waals surface area contributed by atoms with Crippen molar-refractivity contribution in [2.75, 3.05) is 0 Å². The molecule has 0 aromatic rings. The molecule has 0 radical (unpaired) electrons. The van der Waals surface area contributed by atoms with Gasteiger partial charge in [0.25, 0.3) is 11.8 Å². The molecule has 0 saturated carbocycles. The number of likely N-dealkylation sites (tertiary alicyclic amines) is 1. The summed E-state index contributed by atoms with van der Waals surface area (Å²) in [6.07, 6.45) is 8.07. The van der Waals surface area contributed by atoms with Gasteiger partial charge in [-0.15, -0.1) is 0 Å². The Balaban J connectivity index is 2.16. The third-order valence-corrected chi connectivity index (χ3v) is 5.66. The first-order valence-electron chi connectivity index (χ1n) is 11.9. The van der Waals surface area contributed by atoms with Crippen molar-refractivity contribution in [3.05, 3.63) is 23.5 Å². The van der Waals surface area contributed by atoms with Crippen molar-refractivity contribution in [1.29, 1.82) is 0 Å². The molecule has 8 nitrogen and oxygen atoms in total. The summed E-state index contributed by atoms with van der Waals surface area (Å²) < 4.78 is 10.5. The highest BCUT2D eigenvalue weighted by atomic mass is 16.8. The Bertz CT molecular complexity index is 825. The Morgan fingerprint density at radius 3 is 2.39 bits per heavy atom. The predicted octanol–water partition coefficient (Wildman–Crippen LogP) is 4.14. The lowest BCUT2D eigenvalue weighted by Crippen LogP contribution is -2.40. The molecule has 1 unspecified atom stereocenters. The number of hydrogen-bond donors (Lipinski definition) is 1. The lowest BCUT2D eigenvalue weighted by Gasteiger charge is -2.21. The summed E-state index contributed by atoms with van der Waals surface area (Å²) in [4.78, 5) is 51.9. The number of aliphatic hydroxyl groups excluding tert-OH is 1. The second kappa shape index (κ2) is 11.6. The van der Waals surface area contributed by atoms with E-state index in [0.717, 1.165) is 30.6 Å². The van der Waals surface area contributed by atoms with E-state index in [-0.39, 0.29) is 18.8 Å². The zero-order valence-corrected chi connectivity index (χ0v) is 20.4. The number of ketones is 1. The molecular weight excluding hydrogens is 426 g/mol. The number of carbonyl (C=O) groups excluding carboxylic acids is 4. The third-order valence-electron chi connectivity index (χ3n) is 5.66. The van der Waals surface area contributed by atoms with Crippen LogP contribution in [0, 0.1) is 5.92 Å². The molecule has 184 valence electrons. The van der Waals surface area contributed by atoms with Crippen molar-refractivity contribution in [2.24, 2.45) is 5.92 Å². The molecule has 2 fully saturated rings. The number of esters is 1. The molecule has 1 N–H and O–H groups in total. The van der Waals surface area contributed by atoms with Crippen LogP contribution in [0.15, 0.2) is 23.5 Å². The molecule has 8 heteroatoms. The van der Waals surface area contributed by atoms with Crippen molar-refractivity contribution >= 4 is 23.6 Å². The summed E-state index contributed by atoms with van der Waals surface area (Å²) in [5.41, 5.74) is -0.455. The van der Waals surface area contributed by atoms with E-state index in [2.05, 4.69) is 6.92 Å². The van der Waals surface area contributed by atoms with Crippen molar-refractivity contribution < 1.29 is 33.8 Å². The first-order chi connectivity index (χ1) is 15.5. The third kappa shape index (κ3) is 7.00. The summed E-state index contributed by atoms with van der Waals surface area (Å²) in [5.74, 6) is -4.38. The molecule has 2 aliphatic heterocycles. The van der Waals surface area contributed by atoms with Gasteiger partial charge < -0.3 is 14.6 Å². The molecule has 2 atom stereocenters. The number of amides is 2. The van der Waals surface area contributed by atoms with Crippen LogP contribution in [0.2, 0.25) is 0 Å². The second-order valence-corrected chi connectivity index (χ2v) is 9.58. The number of Topliss-reactive ketones (excluding diaryl/α,β-unsaturated/α-hetero) is 1. The number of imide groups is 1. The van der Waals surface area contributed by atoms with Gasteiger partial charge in [-0.25, -0.2) is 4.79 Å². The summed E-state index contributed by atoms with van der Waals surface area (Å²) in [7, 11) is 0. The van der Waals surface area contributed by atoms with Crippen molar-refractivity contribution in [3.63, 3.8) is 0 Å². The van der Waals surface area contributed by atoms with Gasteiger partial charge in [0, 0.05) is 20.3 Å². The summed E-state index contributed by atoms with van der Waals surface area (Å²) in [6.45, 7) is 9.03. The van der Waals surface area contributed by atoms with E-state index in [4.69, 9.17) is 9.47 Å². The van der Waals surface area contributed by atoms with Gasteiger partial charge >= 0.3 is 5.97 Å². The fourth-order valence-electron chi connectivity index (χ4n) is 4.09. The van der Waals surface area contributed by atoms with Crippen LogP contribution in [0.3, 0.4) is 0 Å². The number of ether oxygens (including phenoxy) is 2. The van der Waals surface area contributed by atoms with Gasteiger partial charge in [0.05, 0.1) is 0 Å². The highest BCUT2D eigenvalue weighted by Gasteiger charge is 2.49. The van der Waals surface area contributed by atoms with Gasteiger partial charge in [0.1, 0.15) is 17.4 Å². The van der Waals surface area contributed by atoms with Gasteiger partial charge in [0.15, 0.2) is 11.9 Å². The van der Waals surface area contributed by atoms with Crippen LogP contribution >= 0.6 is 0 Å². The highest BCUT2D eigenvalue weighted by molar-refractivity contribution is 6.31. The highest BCUT2D eigenvalue weighted by Crippen LogP contribution is 2.32. The van der Waals surface area contributed by atoms with Crippen LogP contribution in [-0.4, -0.2) is 51.5 Å². The van der Waals surface area contributed by atoms with Crippen molar-refractivity contribution in [1.82, 2.24) is 4.90 Å². The van der Waals surface area contributed by atoms with Gasteiger partial charge in [-0.1, -0.05) is 52.5 Å². The first kappa shape index (κ1) is 26.8. The Morgan fingerprint density at radius 2 is 1.82 bits per heavy atom. The zero-order chi connectivity index (χ0) is 24.8. The lowest BCUT2D eigenvalue weighted by atomic mass is 9.98. The SMILES string of the molecule is CCCCCCC/C=C/C(=O)N1C(=O)/C(=C(\O)C[C@@H]2OC(C)(C)OC2=O)C(=O)C1CC(C)C. The molecule has 2 rings (SSSR count). The number of nitrogens with zero attached hydrogens (tertiary/aromatic N) is 1. The maximum absolute atomic E-state index is 13.1. The largest absolute Gasteiger partial charge is 0.511 e. The van der Waals surface area contributed by atoms with Gasteiger partial charge in [-0.2, -0.15) is 0 Å². The number of allylic oxidation sites excluding steroid dienone is 1. The Hall–Kier alpha value is -2.48. The minimum Gasteiger partial charge on any atom is -0.511 e. The molecule has 0 aromatic carbocycles. The van der Waals surface area contributed by atoms with E-state index in [1.165, 1.54) is 12.5 Å². The van der Waals surface area contributed by atoms with E-state index in [1.807, 2.05) is 13.8 Å². The minimum atomic E-state index is -1.15. The summed E-state index contributed by atoms with van der Waals surface area (Å²) in [6, 6.07) is -0.982. The van der Waals surface area contributed by atoms with E-state index in [9.17, 15) is 24.3 Å². The van der Waals surface area contributed by atoms with Gasteiger partial charge in [-0.05, 0) is 31.3 Å². The average molecular weight is 464 g/mol. The van der Waals surface area contributed by atoms with E-state index < -0.39 is 52.8 Å². The lowest BCUT2D eigenvalue weighted by molar-refractivity contribution is -0.160. The van der Waals surface area contributed by atoms with E-state index in [0.29, 0.717) is 6.42 Å². The van der Waals surface area contributed by atoms with Crippen molar-refractivity contribution in [2.45, 2.75) is 104 Å². The van der Waals surface area contributed by atoms with Crippen LogP contribution in [0.5, 0.6) is 0 Å². The molecule has 2 aliphatic rings. The molecule has 33 heavy (non-hydrogen) atoms.